The molecule has 1 aromatic heterocycles. The summed E-state index contributed by atoms with van der Waals surface area (Å²) in [5, 5.41) is 2.92. The summed E-state index contributed by atoms with van der Waals surface area (Å²) in [4.78, 5) is 28.7. The molecule has 104 valence electrons. The van der Waals surface area contributed by atoms with Crippen LogP contribution in [0.5, 0.6) is 0 Å². The zero-order valence-electron chi connectivity index (χ0n) is 11.7. The van der Waals surface area contributed by atoms with Crippen LogP contribution >= 0.6 is 0 Å². The molecular formula is C14H21N3O2. The third kappa shape index (κ3) is 2.97. The Morgan fingerprint density at radius 3 is 2.79 bits per heavy atom. The van der Waals surface area contributed by atoms with E-state index in [1.165, 1.54) is 0 Å². The van der Waals surface area contributed by atoms with Crippen molar-refractivity contribution in [1.29, 1.82) is 0 Å². The lowest BCUT2D eigenvalue weighted by Gasteiger charge is -2.21. The van der Waals surface area contributed by atoms with Crippen LogP contribution in [0, 0.1) is 0 Å². The number of nitrogens with zero attached hydrogens (tertiary/aromatic N) is 1. The molecule has 1 aromatic rings. The maximum Gasteiger partial charge on any atom is 0.267 e. The Morgan fingerprint density at radius 2 is 2.26 bits per heavy atom. The number of aromatic amines is 1. The monoisotopic (exact) mass is 263 g/mol. The second-order valence-corrected chi connectivity index (χ2v) is 5.27. The van der Waals surface area contributed by atoms with Crippen molar-refractivity contribution in [1.82, 2.24) is 15.2 Å². The van der Waals surface area contributed by atoms with E-state index in [0.29, 0.717) is 18.7 Å². The highest BCUT2D eigenvalue weighted by atomic mass is 16.2. The number of hydrogen-bond acceptors (Lipinski definition) is 2. The molecule has 5 nitrogen and oxygen atoms in total. The van der Waals surface area contributed by atoms with E-state index in [1.807, 2.05) is 26.8 Å². The summed E-state index contributed by atoms with van der Waals surface area (Å²) in [6.07, 6.45) is 1.27. The highest BCUT2D eigenvalue weighted by Crippen LogP contribution is 2.14. The minimum Gasteiger partial charge on any atom is -0.354 e. The average molecular weight is 263 g/mol. The Bertz CT molecular complexity index is 479. The Balaban J connectivity index is 1.95. The maximum absolute atomic E-state index is 12.0. The summed E-state index contributed by atoms with van der Waals surface area (Å²) in [5.74, 6) is -0.0239. The number of H-pyrrole nitrogens is 1. The van der Waals surface area contributed by atoms with E-state index < -0.39 is 0 Å². The molecule has 1 aliphatic heterocycles. The van der Waals surface area contributed by atoms with Crippen molar-refractivity contribution in [3.8, 4) is 0 Å². The summed E-state index contributed by atoms with van der Waals surface area (Å²) in [6.45, 7) is 6.61. The lowest BCUT2D eigenvalue weighted by Crippen LogP contribution is -2.39. The molecule has 1 atom stereocenters. The number of hydrogen-bond donors (Lipinski definition) is 2. The van der Waals surface area contributed by atoms with Gasteiger partial charge in [-0.15, -0.1) is 0 Å². The van der Waals surface area contributed by atoms with Crippen molar-refractivity contribution in [3.05, 3.63) is 23.5 Å². The molecule has 0 radical (unpaired) electrons. The van der Waals surface area contributed by atoms with Crippen LogP contribution in [0.4, 0.5) is 0 Å². The van der Waals surface area contributed by atoms with E-state index in [0.717, 1.165) is 12.1 Å². The van der Waals surface area contributed by atoms with E-state index in [2.05, 4.69) is 10.3 Å². The minimum atomic E-state index is -0.136. The summed E-state index contributed by atoms with van der Waals surface area (Å²) < 4.78 is 0. The molecule has 2 amide bonds. The second kappa shape index (κ2) is 5.47. The number of nitrogens with one attached hydrogen (secondary N) is 2. The largest absolute Gasteiger partial charge is 0.354 e. The van der Waals surface area contributed by atoms with Gasteiger partial charge in [-0.25, -0.2) is 0 Å². The van der Waals surface area contributed by atoms with Crippen molar-refractivity contribution in [2.45, 2.75) is 45.7 Å². The third-order valence-electron chi connectivity index (χ3n) is 3.49. The number of likely N-dealkylation sites (tertiary alicyclic amines) is 1. The smallest absolute Gasteiger partial charge is 0.267 e. The first-order valence-electron chi connectivity index (χ1n) is 6.79. The van der Waals surface area contributed by atoms with Crippen LogP contribution in [-0.2, 0) is 11.2 Å². The van der Waals surface area contributed by atoms with Crippen LogP contribution in [0.15, 0.2) is 12.1 Å². The highest BCUT2D eigenvalue weighted by molar-refractivity contribution is 5.93. The maximum atomic E-state index is 12.0. The molecule has 1 aliphatic rings. The van der Waals surface area contributed by atoms with Gasteiger partial charge in [0.15, 0.2) is 0 Å². The molecule has 2 N–H and O–H groups in total. The Hall–Kier alpha value is -1.78. The Labute approximate surface area is 113 Å². The number of carbonyl (C=O) groups excluding carboxylic acids is 2. The molecule has 5 heteroatoms. The zero-order chi connectivity index (χ0) is 14.0. The van der Waals surface area contributed by atoms with Crippen molar-refractivity contribution in [2.75, 3.05) is 6.54 Å². The molecule has 0 aromatic carbocycles. The number of aromatic nitrogens is 1. The van der Waals surface area contributed by atoms with Gasteiger partial charge in [0.2, 0.25) is 5.91 Å². The van der Waals surface area contributed by atoms with Crippen molar-refractivity contribution < 1.29 is 9.59 Å². The molecule has 1 saturated heterocycles. The Kier molecular flexibility index (Phi) is 3.93. The quantitative estimate of drug-likeness (QED) is 0.860. The van der Waals surface area contributed by atoms with Crippen LogP contribution < -0.4 is 5.32 Å². The van der Waals surface area contributed by atoms with Gasteiger partial charge in [0.1, 0.15) is 5.69 Å². The van der Waals surface area contributed by atoms with Gasteiger partial charge in [0.05, 0.1) is 6.04 Å². The van der Waals surface area contributed by atoms with Gasteiger partial charge >= 0.3 is 0 Å². The van der Waals surface area contributed by atoms with Crippen LogP contribution in [0.2, 0.25) is 0 Å². The van der Waals surface area contributed by atoms with Crippen molar-refractivity contribution in [2.24, 2.45) is 0 Å². The van der Waals surface area contributed by atoms with E-state index in [4.69, 9.17) is 0 Å². The lowest BCUT2D eigenvalue weighted by atomic mass is 10.2. The topological polar surface area (TPSA) is 65.2 Å². The Morgan fingerprint density at radius 1 is 1.53 bits per heavy atom. The fraction of sp³-hybridized carbons (Fsp3) is 0.571. The van der Waals surface area contributed by atoms with Gasteiger partial charge in [-0.05, 0) is 32.4 Å². The zero-order valence-corrected chi connectivity index (χ0v) is 11.7. The molecule has 2 heterocycles. The predicted molar refractivity (Wildman–Crippen MR) is 72.9 cm³/mol. The summed E-state index contributed by atoms with van der Waals surface area (Å²) in [5.41, 5.74) is 1.60. The van der Waals surface area contributed by atoms with Gasteiger partial charge < -0.3 is 15.2 Å². The van der Waals surface area contributed by atoms with Crippen LogP contribution in [0.3, 0.4) is 0 Å². The van der Waals surface area contributed by atoms with E-state index in [1.54, 1.807) is 11.0 Å². The van der Waals surface area contributed by atoms with Gasteiger partial charge in [-0.1, -0.05) is 6.92 Å². The molecule has 19 heavy (non-hydrogen) atoms. The molecule has 0 bridgehead atoms. The van der Waals surface area contributed by atoms with Crippen molar-refractivity contribution >= 4 is 11.8 Å². The molecule has 0 saturated carbocycles. The van der Waals surface area contributed by atoms with Gasteiger partial charge in [0.25, 0.3) is 5.91 Å². The van der Waals surface area contributed by atoms with E-state index >= 15 is 0 Å². The fourth-order valence-corrected chi connectivity index (χ4v) is 2.37. The number of carbonyl (C=O) groups is 2. The molecule has 2 rings (SSSR count). The standard InChI is InChI=1S/C14H21N3O2/c1-4-10-5-6-12(15-10)14(19)16-11-7-13(18)17(8-11)9(2)3/h5-6,9,11,15H,4,7-8H2,1-3H3,(H,16,19). The average Bonchev–Trinajstić information content (AvgIpc) is 2.95. The summed E-state index contributed by atoms with van der Waals surface area (Å²) >= 11 is 0. The number of amides is 2. The van der Waals surface area contributed by atoms with Crippen LogP contribution in [0.1, 0.15) is 43.4 Å². The first-order chi connectivity index (χ1) is 9.01. The molecular weight excluding hydrogens is 242 g/mol. The highest BCUT2D eigenvalue weighted by Gasteiger charge is 2.32. The molecule has 0 aliphatic carbocycles. The van der Waals surface area contributed by atoms with Crippen LogP contribution in [-0.4, -0.2) is 40.3 Å². The summed E-state index contributed by atoms with van der Waals surface area (Å²) in [6, 6.07) is 3.79. The van der Waals surface area contributed by atoms with Gasteiger partial charge in [0, 0.05) is 24.7 Å². The fourth-order valence-electron chi connectivity index (χ4n) is 2.37. The number of rotatable bonds is 4. The summed E-state index contributed by atoms with van der Waals surface area (Å²) in [7, 11) is 0. The number of aryl methyl sites for hydroxylation is 1. The molecule has 1 unspecified atom stereocenters. The van der Waals surface area contributed by atoms with Gasteiger partial charge in [-0.3, -0.25) is 9.59 Å². The van der Waals surface area contributed by atoms with Crippen molar-refractivity contribution in [3.63, 3.8) is 0 Å². The molecule has 0 spiro atoms. The first kappa shape index (κ1) is 13.6. The minimum absolute atomic E-state index is 0.0872. The van der Waals surface area contributed by atoms with E-state index in [9.17, 15) is 9.59 Å². The van der Waals surface area contributed by atoms with Crippen LogP contribution in [0.25, 0.3) is 0 Å². The lowest BCUT2D eigenvalue weighted by molar-refractivity contribution is -0.129. The van der Waals surface area contributed by atoms with Gasteiger partial charge in [-0.2, -0.15) is 0 Å². The first-order valence-corrected chi connectivity index (χ1v) is 6.79. The second-order valence-electron chi connectivity index (χ2n) is 5.27. The SMILES string of the molecule is CCc1ccc(C(=O)NC2CC(=O)N(C(C)C)C2)[nH]1. The molecule has 1 fully saturated rings. The normalized spacial score (nSPS) is 19.3. The predicted octanol–water partition coefficient (Wildman–Crippen LogP) is 1.32. The third-order valence-corrected chi connectivity index (χ3v) is 3.49. The van der Waals surface area contributed by atoms with E-state index in [-0.39, 0.29) is 23.9 Å².